The van der Waals surface area contributed by atoms with Crippen molar-refractivity contribution in [3.8, 4) is 0 Å². The maximum absolute atomic E-state index is 12.2. The lowest BCUT2D eigenvalue weighted by molar-refractivity contribution is 0.0195. The lowest BCUT2D eigenvalue weighted by atomic mass is 10.2. The minimum atomic E-state index is -0.531. The fourth-order valence-electron chi connectivity index (χ4n) is 2.26. The molecular weight excluding hydrogens is 373 g/mol. The van der Waals surface area contributed by atoms with E-state index in [1.54, 1.807) is 15.8 Å². The molecule has 1 N–H and O–H groups in total. The maximum atomic E-state index is 12.2. The number of carbonyl (C=O) groups is 1. The van der Waals surface area contributed by atoms with Crippen LogP contribution in [0.5, 0.6) is 0 Å². The largest absolute Gasteiger partial charge is 0.444 e. The minimum Gasteiger partial charge on any atom is -0.444 e. The number of hydrogen-bond acceptors (Lipinski definition) is 4. The van der Waals surface area contributed by atoms with Gasteiger partial charge in [0.1, 0.15) is 5.60 Å². The summed E-state index contributed by atoms with van der Waals surface area (Å²) in [6.45, 7) is 6.39. The van der Waals surface area contributed by atoms with Gasteiger partial charge in [-0.15, -0.1) is 0 Å². The molecule has 0 aromatic carbocycles. The van der Waals surface area contributed by atoms with E-state index in [-0.39, 0.29) is 12.1 Å². The van der Waals surface area contributed by atoms with Gasteiger partial charge in [0, 0.05) is 6.20 Å². The van der Waals surface area contributed by atoms with Crippen molar-refractivity contribution < 1.29 is 14.6 Å². The second-order valence-electron chi connectivity index (χ2n) is 6.06. The van der Waals surface area contributed by atoms with Gasteiger partial charge in [0.15, 0.2) is 0 Å². The summed E-state index contributed by atoms with van der Waals surface area (Å²) < 4.78 is 8.23. The Kier molecular flexibility index (Phi) is 4.58. The third-order valence-corrected chi connectivity index (χ3v) is 3.58. The van der Waals surface area contributed by atoms with E-state index in [1.165, 1.54) is 0 Å². The molecule has 1 aliphatic rings. The van der Waals surface area contributed by atoms with Gasteiger partial charge in [0.25, 0.3) is 0 Å². The molecule has 0 bridgehead atoms. The van der Waals surface area contributed by atoms with E-state index in [0.29, 0.717) is 19.5 Å². The molecule has 2 rings (SSSR count). The maximum Gasteiger partial charge on any atom is 0.410 e. The normalized spacial score (nSPS) is 23.1. The van der Waals surface area contributed by atoms with Crippen molar-refractivity contribution in [2.75, 3.05) is 6.54 Å². The van der Waals surface area contributed by atoms with Crippen LogP contribution in [0.25, 0.3) is 0 Å². The van der Waals surface area contributed by atoms with E-state index >= 15 is 0 Å². The number of aliphatic hydroxyl groups is 1. The summed E-state index contributed by atoms with van der Waals surface area (Å²) in [5, 5.41) is 14.0. The molecule has 1 aromatic heterocycles. The van der Waals surface area contributed by atoms with Crippen molar-refractivity contribution in [1.82, 2.24) is 14.7 Å². The first-order valence-corrected chi connectivity index (χ1v) is 7.68. The zero-order valence-electron chi connectivity index (χ0n) is 11.9. The van der Waals surface area contributed by atoms with Crippen LogP contribution in [-0.4, -0.2) is 50.2 Å². The first kappa shape index (κ1) is 15.6. The molecule has 20 heavy (non-hydrogen) atoms. The van der Waals surface area contributed by atoms with Crippen molar-refractivity contribution in [2.45, 2.75) is 51.5 Å². The fourth-order valence-corrected chi connectivity index (χ4v) is 2.71. The number of aliphatic hydroxyl groups excluding tert-OH is 1. The highest BCUT2D eigenvalue weighted by Gasteiger charge is 2.37. The Bertz CT molecular complexity index is 483. The highest BCUT2D eigenvalue weighted by atomic mass is 127. The van der Waals surface area contributed by atoms with Gasteiger partial charge in [-0.1, -0.05) is 0 Å². The lowest BCUT2D eigenvalue weighted by Crippen LogP contribution is -2.41. The van der Waals surface area contributed by atoms with E-state index in [9.17, 15) is 9.90 Å². The molecule has 0 aliphatic carbocycles. The number of likely N-dealkylation sites (tertiary alicyclic amines) is 1. The average molecular weight is 393 g/mol. The number of rotatable bonds is 2. The summed E-state index contributed by atoms with van der Waals surface area (Å²) in [5.74, 6) is 0. The Morgan fingerprint density at radius 2 is 2.30 bits per heavy atom. The van der Waals surface area contributed by atoms with Crippen LogP contribution < -0.4 is 0 Å². The van der Waals surface area contributed by atoms with E-state index in [4.69, 9.17) is 4.74 Å². The number of nitrogens with zero attached hydrogens (tertiary/aromatic N) is 3. The highest BCUT2D eigenvalue weighted by Crippen LogP contribution is 2.22. The van der Waals surface area contributed by atoms with Crippen molar-refractivity contribution >= 4 is 28.7 Å². The summed E-state index contributed by atoms with van der Waals surface area (Å²) in [5.41, 5.74) is -0.531. The van der Waals surface area contributed by atoms with E-state index < -0.39 is 11.7 Å². The van der Waals surface area contributed by atoms with Crippen LogP contribution in [-0.2, 0) is 11.3 Å². The smallest absolute Gasteiger partial charge is 0.410 e. The Balaban J connectivity index is 2.04. The second kappa shape index (κ2) is 5.88. The van der Waals surface area contributed by atoms with Crippen LogP contribution in [0.15, 0.2) is 12.4 Å². The third-order valence-electron chi connectivity index (χ3n) is 3.02. The molecule has 2 atom stereocenters. The molecule has 1 unspecified atom stereocenters. The summed E-state index contributed by atoms with van der Waals surface area (Å²) in [7, 11) is 0. The number of ether oxygens (including phenoxy) is 1. The molecular formula is C13H20IN3O3. The van der Waals surface area contributed by atoms with E-state index in [0.717, 1.165) is 3.57 Å². The summed E-state index contributed by atoms with van der Waals surface area (Å²) in [4.78, 5) is 13.8. The van der Waals surface area contributed by atoms with Crippen LogP contribution in [0.3, 0.4) is 0 Å². The molecule has 1 saturated heterocycles. The van der Waals surface area contributed by atoms with Crippen molar-refractivity contribution in [3.05, 3.63) is 16.0 Å². The molecule has 6 nitrogen and oxygen atoms in total. The number of carbonyl (C=O) groups excluding carboxylic acids is 1. The molecule has 0 saturated carbocycles. The highest BCUT2D eigenvalue weighted by molar-refractivity contribution is 14.1. The van der Waals surface area contributed by atoms with Gasteiger partial charge in [-0.25, -0.2) is 4.79 Å². The molecule has 0 radical (unpaired) electrons. The third kappa shape index (κ3) is 4.08. The molecule has 2 heterocycles. The molecule has 112 valence electrons. The van der Waals surface area contributed by atoms with E-state index in [1.807, 2.05) is 27.0 Å². The Hall–Kier alpha value is -0.830. The van der Waals surface area contributed by atoms with Gasteiger partial charge in [0.05, 0.1) is 35.0 Å². The van der Waals surface area contributed by atoms with Crippen LogP contribution in [0.4, 0.5) is 4.79 Å². The monoisotopic (exact) mass is 393 g/mol. The standard InChI is InChI=1S/C13H20IN3O3/c1-13(2,3)20-12(19)17-8-11(18)4-10(17)7-16-6-9(14)5-15-16/h5-6,10-11,18H,4,7-8H2,1-3H3/t10-,11?/m0/s1. The molecule has 1 aliphatic heterocycles. The Morgan fingerprint density at radius 3 is 2.85 bits per heavy atom. The minimum absolute atomic E-state index is 0.0875. The predicted octanol–water partition coefficient (Wildman–Crippen LogP) is 1.86. The molecule has 1 fully saturated rings. The molecule has 7 heteroatoms. The summed E-state index contributed by atoms with van der Waals surface area (Å²) in [6, 6.07) is -0.0875. The Labute approximate surface area is 132 Å². The van der Waals surface area contributed by atoms with E-state index in [2.05, 4.69) is 27.7 Å². The molecule has 0 spiro atoms. The van der Waals surface area contributed by atoms with Gasteiger partial charge in [0.2, 0.25) is 0 Å². The molecule has 1 aromatic rings. The van der Waals surface area contributed by atoms with Crippen LogP contribution >= 0.6 is 22.6 Å². The first-order valence-electron chi connectivity index (χ1n) is 6.60. The van der Waals surface area contributed by atoms with Crippen molar-refractivity contribution in [3.63, 3.8) is 0 Å². The number of hydrogen-bond donors (Lipinski definition) is 1. The number of β-amino-alcohol motifs (C(OH)–C–C–N with tert-alkyl or cyclic N) is 1. The fraction of sp³-hybridized carbons (Fsp3) is 0.692. The van der Waals surface area contributed by atoms with Crippen LogP contribution in [0.2, 0.25) is 0 Å². The SMILES string of the molecule is CC(C)(C)OC(=O)N1CC(O)C[C@H]1Cn1cc(I)cn1. The first-order chi connectivity index (χ1) is 9.24. The zero-order valence-corrected chi connectivity index (χ0v) is 14.1. The van der Waals surface area contributed by atoms with Gasteiger partial charge >= 0.3 is 6.09 Å². The topological polar surface area (TPSA) is 67.6 Å². The molecule has 1 amide bonds. The zero-order chi connectivity index (χ0) is 14.9. The van der Waals surface area contributed by atoms with Gasteiger partial charge < -0.3 is 14.7 Å². The summed E-state index contributed by atoms with van der Waals surface area (Å²) >= 11 is 2.19. The number of amides is 1. The van der Waals surface area contributed by atoms with Gasteiger partial charge in [-0.05, 0) is 49.8 Å². The lowest BCUT2D eigenvalue weighted by Gasteiger charge is -2.28. The average Bonchev–Trinajstić information content (AvgIpc) is 2.83. The van der Waals surface area contributed by atoms with Gasteiger partial charge in [-0.3, -0.25) is 4.68 Å². The van der Waals surface area contributed by atoms with Crippen molar-refractivity contribution in [2.24, 2.45) is 0 Å². The van der Waals surface area contributed by atoms with Gasteiger partial charge in [-0.2, -0.15) is 5.10 Å². The Morgan fingerprint density at radius 1 is 1.60 bits per heavy atom. The number of halogens is 1. The number of aromatic nitrogens is 2. The van der Waals surface area contributed by atoms with Crippen LogP contribution in [0.1, 0.15) is 27.2 Å². The summed E-state index contributed by atoms with van der Waals surface area (Å²) in [6.07, 6.45) is 3.36. The second-order valence-corrected chi connectivity index (χ2v) is 7.30. The predicted molar refractivity (Wildman–Crippen MR) is 82.3 cm³/mol. The van der Waals surface area contributed by atoms with Crippen LogP contribution in [0, 0.1) is 3.57 Å². The van der Waals surface area contributed by atoms with Crippen molar-refractivity contribution in [1.29, 1.82) is 0 Å². The quantitative estimate of drug-likeness (QED) is 0.780.